The van der Waals surface area contributed by atoms with Gasteiger partial charge in [0.15, 0.2) is 11.6 Å². The maximum absolute atomic E-state index is 14.1. The monoisotopic (exact) mass is 456 g/mol. The summed E-state index contributed by atoms with van der Waals surface area (Å²) in [5.74, 6) is -4.30. The van der Waals surface area contributed by atoms with E-state index in [1.165, 1.54) is 5.56 Å². The second kappa shape index (κ2) is 9.22. The van der Waals surface area contributed by atoms with Crippen LogP contribution in [0.2, 0.25) is 0 Å². The number of aryl methyl sites for hydroxylation is 1. The van der Waals surface area contributed by atoms with Crippen LogP contribution >= 0.6 is 0 Å². The number of alkyl halides is 3. The molecule has 0 saturated carbocycles. The second-order valence-corrected chi connectivity index (χ2v) is 7.89. The van der Waals surface area contributed by atoms with E-state index >= 15 is 0 Å². The lowest BCUT2D eigenvalue weighted by molar-refractivity contribution is -0.276. The van der Waals surface area contributed by atoms with Crippen LogP contribution in [0.1, 0.15) is 25.3 Å². The molecule has 0 N–H and O–H groups in total. The molecule has 0 amide bonds. The highest BCUT2D eigenvalue weighted by Gasteiger charge is 2.34. The summed E-state index contributed by atoms with van der Waals surface area (Å²) in [5.41, 5.74) is 3.79. The quantitative estimate of drug-likeness (QED) is 0.264. The highest BCUT2D eigenvalue weighted by Crippen LogP contribution is 2.34. The van der Waals surface area contributed by atoms with Crippen molar-refractivity contribution in [3.8, 4) is 28.0 Å². The zero-order valence-corrected chi connectivity index (χ0v) is 17.8. The number of halogens is 5. The van der Waals surface area contributed by atoms with Gasteiger partial charge in [0.05, 0.1) is 0 Å². The van der Waals surface area contributed by atoms with Crippen LogP contribution < -0.4 is 4.74 Å². The van der Waals surface area contributed by atoms with Crippen molar-refractivity contribution >= 4 is 10.8 Å². The molecular formula is C27H21F5O. The van der Waals surface area contributed by atoms with Crippen LogP contribution in [-0.2, 0) is 6.42 Å². The first-order chi connectivity index (χ1) is 15.7. The minimum absolute atomic E-state index is 0.115. The molecule has 0 unspecified atom stereocenters. The summed E-state index contributed by atoms with van der Waals surface area (Å²) in [6.45, 7) is 2.17. The molecule has 33 heavy (non-hydrogen) atoms. The number of ether oxygens (including phenoxy) is 1. The van der Waals surface area contributed by atoms with E-state index in [-0.39, 0.29) is 5.56 Å². The Morgan fingerprint density at radius 3 is 1.82 bits per heavy atom. The molecule has 4 aromatic carbocycles. The van der Waals surface area contributed by atoms with Gasteiger partial charge in [0.1, 0.15) is 0 Å². The van der Waals surface area contributed by atoms with Gasteiger partial charge in [0, 0.05) is 0 Å². The van der Waals surface area contributed by atoms with Gasteiger partial charge in [-0.3, -0.25) is 0 Å². The molecule has 0 heterocycles. The van der Waals surface area contributed by atoms with Crippen molar-refractivity contribution in [1.82, 2.24) is 0 Å². The Balaban J connectivity index is 1.59. The van der Waals surface area contributed by atoms with Gasteiger partial charge in [-0.05, 0) is 69.6 Å². The number of fused-ring (bicyclic) bond motifs is 1. The molecule has 0 aliphatic rings. The SMILES string of the molecule is CCCCc1ccc2cc(-c3ccc(-c4cc(F)c(OC(F)(F)F)c(F)c4)cc3)ccc2c1. The first kappa shape index (κ1) is 22.8. The van der Waals surface area contributed by atoms with Crippen molar-refractivity contribution < 1.29 is 26.7 Å². The fraction of sp³-hybridized carbons (Fsp3) is 0.185. The van der Waals surface area contributed by atoms with Gasteiger partial charge in [-0.25, -0.2) is 8.78 Å². The second-order valence-electron chi connectivity index (χ2n) is 7.89. The van der Waals surface area contributed by atoms with E-state index < -0.39 is 23.7 Å². The number of hydrogen-bond donors (Lipinski definition) is 0. The Hall–Kier alpha value is -3.41. The zero-order chi connectivity index (χ0) is 23.6. The standard InChI is InChI=1S/C27H21F5O/c1-2-3-4-17-5-6-22-14-21(12-11-20(22)13-17)18-7-9-19(10-8-18)23-15-24(28)26(25(29)16-23)33-27(30,31)32/h5-16H,2-4H2,1H3. The molecule has 1 nitrogen and oxygen atoms in total. The molecule has 0 atom stereocenters. The van der Waals surface area contributed by atoms with Gasteiger partial charge in [-0.2, -0.15) is 0 Å². The Labute approximate surface area is 188 Å². The first-order valence-electron chi connectivity index (χ1n) is 10.6. The summed E-state index contributed by atoms with van der Waals surface area (Å²) in [7, 11) is 0. The fourth-order valence-corrected chi connectivity index (χ4v) is 3.81. The van der Waals surface area contributed by atoms with Crippen molar-refractivity contribution in [2.75, 3.05) is 0 Å². The molecule has 0 aliphatic heterocycles. The van der Waals surface area contributed by atoms with E-state index in [0.29, 0.717) is 5.56 Å². The third-order valence-corrected chi connectivity index (χ3v) is 5.49. The molecule has 0 bridgehead atoms. The van der Waals surface area contributed by atoms with Crippen molar-refractivity contribution in [2.24, 2.45) is 0 Å². The van der Waals surface area contributed by atoms with Crippen LogP contribution in [0.15, 0.2) is 72.8 Å². The lowest BCUT2D eigenvalue weighted by Gasteiger charge is -2.12. The van der Waals surface area contributed by atoms with Crippen LogP contribution in [-0.4, -0.2) is 6.36 Å². The van der Waals surface area contributed by atoms with Gasteiger partial charge in [0.2, 0.25) is 5.75 Å². The summed E-state index contributed by atoms with van der Waals surface area (Å²) in [6, 6.07) is 21.2. The Morgan fingerprint density at radius 1 is 0.667 bits per heavy atom. The number of rotatable bonds is 6. The summed E-state index contributed by atoms with van der Waals surface area (Å²) >= 11 is 0. The third-order valence-electron chi connectivity index (χ3n) is 5.49. The molecule has 0 saturated heterocycles. The molecule has 0 aliphatic carbocycles. The van der Waals surface area contributed by atoms with Crippen LogP contribution in [0, 0.1) is 11.6 Å². The molecular weight excluding hydrogens is 435 g/mol. The van der Waals surface area contributed by atoms with E-state index in [4.69, 9.17) is 0 Å². The topological polar surface area (TPSA) is 9.23 Å². The lowest BCUT2D eigenvalue weighted by Crippen LogP contribution is -2.19. The van der Waals surface area contributed by atoms with Gasteiger partial charge < -0.3 is 4.74 Å². The van der Waals surface area contributed by atoms with Gasteiger partial charge >= 0.3 is 6.36 Å². The molecule has 6 heteroatoms. The molecule has 4 rings (SSSR count). The van der Waals surface area contributed by atoms with Gasteiger partial charge in [0.25, 0.3) is 0 Å². The van der Waals surface area contributed by atoms with E-state index in [1.807, 2.05) is 18.2 Å². The molecule has 170 valence electrons. The zero-order valence-electron chi connectivity index (χ0n) is 17.8. The fourth-order valence-electron chi connectivity index (χ4n) is 3.81. The first-order valence-corrected chi connectivity index (χ1v) is 10.6. The highest BCUT2D eigenvalue weighted by atomic mass is 19.4. The normalized spacial score (nSPS) is 11.7. The van der Waals surface area contributed by atoms with Crippen molar-refractivity contribution in [1.29, 1.82) is 0 Å². The predicted octanol–water partition coefficient (Wildman–Crippen LogP) is 8.69. The summed E-state index contributed by atoms with van der Waals surface area (Å²) in [5, 5.41) is 2.28. The summed E-state index contributed by atoms with van der Waals surface area (Å²) in [6.07, 6.45) is -1.82. The summed E-state index contributed by atoms with van der Waals surface area (Å²) in [4.78, 5) is 0. The predicted molar refractivity (Wildman–Crippen MR) is 120 cm³/mol. The molecule has 0 spiro atoms. The van der Waals surface area contributed by atoms with E-state index in [9.17, 15) is 22.0 Å². The van der Waals surface area contributed by atoms with Gasteiger partial charge in [-0.15, -0.1) is 13.2 Å². The smallest absolute Gasteiger partial charge is 0.399 e. The molecule has 0 radical (unpaired) electrons. The highest BCUT2D eigenvalue weighted by molar-refractivity contribution is 5.88. The van der Waals surface area contributed by atoms with Crippen molar-refractivity contribution in [2.45, 2.75) is 32.5 Å². The Morgan fingerprint density at radius 2 is 1.21 bits per heavy atom. The minimum Gasteiger partial charge on any atom is -0.399 e. The largest absolute Gasteiger partial charge is 0.573 e. The van der Waals surface area contributed by atoms with Crippen LogP contribution in [0.5, 0.6) is 5.75 Å². The van der Waals surface area contributed by atoms with Crippen LogP contribution in [0.25, 0.3) is 33.0 Å². The Kier molecular flexibility index (Phi) is 6.36. The van der Waals surface area contributed by atoms with E-state index in [0.717, 1.165) is 53.3 Å². The maximum Gasteiger partial charge on any atom is 0.573 e. The average Bonchev–Trinajstić information content (AvgIpc) is 2.79. The molecule has 0 aromatic heterocycles. The third kappa shape index (κ3) is 5.33. The lowest BCUT2D eigenvalue weighted by atomic mass is 9.97. The number of hydrogen-bond acceptors (Lipinski definition) is 1. The molecule has 0 fully saturated rings. The summed E-state index contributed by atoms with van der Waals surface area (Å²) < 4.78 is 68.6. The van der Waals surface area contributed by atoms with E-state index in [1.54, 1.807) is 12.1 Å². The van der Waals surface area contributed by atoms with Gasteiger partial charge in [-0.1, -0.05) is 67.9 Å². The van der Waals surface area contributed by atoms with Crippen LogP contribution in [0.4, 0.5) is 22.0 Å². The average molecular weight is 456 g/mol. The minimum atomic E-state index is -5.18. The Bertz CT molecular complexity index is 1250. The van der Waals surface area contributed by atoms with E-state index in [2.05, 4.69) is 42.0 Å². The number of benzene rings is 4. The molecule has 4 aromatic rings. The van der Waals surface area contributed by atoms with Crippen LogP contribution in [0.3, 0.4) is 0 Å². The number of unbranched alkanes of at least 4 members (excludes halogenated alkanes) is 1. The van der Waals surface area contributed by atoms with Crippen molar-refractivity contribution in [3.63, 3.8) is 0 Å². The maximum atomic E-state index is 14.1. The van der Waals surface area contributed by atoms with Crippen molar-refractivity contribution in [3.05, 3.63) is 90.0 Å².